The van der Waals surface area contributed by atoms with Gasteiger partial charge in [-0.1, -0.05) is 66.2 Å². The number of benzene rings is 2. The minimum absolute atomic E-state index is 0.0643. The molecule has 4 N–H and O–H groups in total. The van der Waals surface area contributed by atoms with Crippen LogP contribution in [-0.4, -0.2) is 26.2 Å². The van der Waals surface area contributed by atoms with Crippen LogP contribution in [0.5, 0.6) is 0 Å². The Morgan fingerprint density at radius 1 is 0.871 bits per heavy atom. The van der Waals surface area contributed by atoms with Gasteiger partial charge in [0.1, 0.15) is 0 Å². The summed E-state index contributed by atoms with van der Waals surface area (Å²) < 4.78 is 0. The highest BCUT2D eigenvalue weighted by Gasteiger charge is 2.25. The number of hydrogen-bond acceptors (Lipinski definition) is 3. The first-order valence-corrected chi connectivity index (χ1v) is 11.6. The normalized spacial score (nSPS) is 14.7. The fourth-order valence-electron chi connectivity index (χ4n) is 4.35. The highest BCUT2D eigenvalue weighted by Crippen LogP contribution is 2.39. The zero-order chi connectivity index (χ0) is 22.3. The number of nitrogens with zero attached hydrogens (tertiary/aromatic N) is 1. The Hall–Kier alpha value is -2.33. The van der Waals surface area contributed by atoms with E-state index in [2.05, 4.69) is 73.4 Å². The van der Waals surface area contributed by atoms with Gasteiger partial charge >= 0.3 is 0 Å². The Kier molecular flexibility index (Phi) is 8.14. The van der Waals surface area contributed by atoms with E-state index in [-0.39, 0.29) is 5.41 Å². The molecule has 4 heteroatoms. The molecule has 0 fully saturated rings. The Morgan fingerprint density at radius 3 is 1.97 bits per heavy atom. The zero-order valence-electron chi connectivity index (χ0n) is 18.7. The maximum Gasteiger partial charge on any atom is 0.0484 e. The van der Waals surface area contributed by atoms with Crippen molar-refractivity contribution in [2.24, 2.45) is 16.9 Å². The van der Waals surface area contributed by atoms with Gasteiger partial charge in [0.15, 0.2) is 0 Å². The molecule has 31 heavy (non-hydrogen) atoms. The SMILES string of the molecule is CCN(CC)c1ccc(C(=C2C=CC(CCN)(CCN)C=C2)c2ccccc2Cl)cc1. The van der Waals surface area contributed by atoms with Crippen LogP contribution in [0.2, 0.25) is 5.02 Å². The van der Waals surface area contributed by atoms with Crippen LogP contribution in [0.25, 0.3) is 5.57 Å². The van der Waals surface area contributed by atoms with E-state index in [1.165, 1.54) is 5.69 Å². The molecule has 0 spiro atoms. The Labute approximate surface area is 192 Å². The highest BCUT2D eigenvalue weighted by molar-refractivity contribution is 6.32. The molecule has 0 bridgehead atoms. The summed E-state index contributed by atoms with van der Waals surface area (Å²) in [5, 5.41) is 0.750. The van der Waals surface area contributed by atoms with Crippen LogP contribution in [0.3, 0.4) is 0 Å². The second-order valence-electron chi connectivity index (χ2n) is 8.01. The van der Waals surface area contributed by atoms with Crippen LogP contribution in [0, 0.1) is 5.41 Å². The van der Waals surface area contributed by atoms with E-state index in [0.717, 1.165) is 53.2 Å². The smallest absolute Gasteiger partial charge is 0.0484 e. The standard InChI is InChI=1S/C27H34ClN3/c1-3-31(4-2)23-11-9-21(10-12-23)26(24-7-5-6-8-25(24)28)22-13-15-27(16-14-22,17-19-29)18-20-30/h5-16H,3-4,17-20,29-30H2,1-2H3. The number of nitrogens with two attached hydrogens (primary N) is 2. The molecule has 3 nitrogen and oxygen atoms in total. The van der Waals surface area contributed by atoms with Gasteiger partial charge in [0, 0.05) is 34.8 Å². The third-order valence-electron chi connectivity index (χ3n) is 6.13. The van der Waals surface area contributed by atoms with E-state index in [1.54, 1.807) is 0 Å². The lowest BCUT2D eigenvalue weighted by molar-refractivity contribution is 0.424. The Morgan fingerprint density at radius 2 is 1.45 bits per heavy atom. The van der Waals surface area contributed by atoms with Gasteiger partial charge in [-0.3, -0.25) is 0 Å². The van der Waals surface area contributed by atoms with Gasteiger partial charge in [-0.15, -0.1) is 0 Å². The fraction of sp³-hybridized carbons (Fsp3) is 0.333. The largest absolute Gasteiger partial charge is 0.372 e. The van der Waals surface area contributed by atoms with Crippen LogP contribution >= 0.6 is 11.6 Å². The third kappa shape index (κ3) is 5.30. The molecule has 0 amide bonds. The summed E-state index contributed by atoms with van der Waals surface area (Å²) >= 11 is 6.65. The van der Waals surface area contributed by atoms with E-state index in [9.17, 15) is 0 Å². The number of hydrogen-bond donors (Lipinski definition) is 2. The summed E-state index contributed by atoms with van der Waals surface area (Å²) in [6.45, 7) is 7.62. The van der Waals surface area contributed by atoms with Gasteiger partial charge in [-0.05, 0) is 74.7 Å². The number of allylic oxidation sites excluding steroid dienone is 5. The molecule has 0 aromatic heterocycles. The van der Waals surface area contributed by atoms with Crippen LogP contribution < -0.4 is 16.4 Å². The summed E-state index contributed by atoms with van der Waals surface area (Å²) in [6.07, 6.45) is 10.7. The van der Waals surface area contributed by atoms with Gasteiger partial charge < -0.3 is 16.4 Å². The molecule has 0 radical (unpaired) electrons. The molecule has 0 atom stereocenters. The van der Waals surface area contributed by atoms with Gasteiger partial charge in [0.2, 0.25) is 0 Å². The number of halogens is 1. The molecule has 2 aromatic carbocycles. The van der Waals surface area contributed by atoms with Crippen molar-refractivity contribution >= 4 is 22.9 Å². The van der Waals surface area contributed by atoms with E-state index < -0.39 is 0 Å². The predicted octanol–water partition coefficient (Wildman–Crippen LogP) is 5.80. The third-order valence-corrected chi connectivity index (χ3v) is 6.46. The first-order chi connectivity index (χ1) is 15.1. The van der Waals surface area contributed by atoms with Crippen molar-refractivity contribution in [3.8, 4) is 0 Å². The molecule has 1 aliphatic carbocycles. The van der Waals surface area contributed by atoms with Crippen molar-refractivity contribution in [3.63, 3.8) is 0 Å². The first-order valence-electron chi connectivity index (χ1n) is 11.2. The molecule has 2 aromatic rings. The lowest BCUT2D eigenvalue weighted by Crippen LogP contribution is -2.24. The van der Waals surface area contributed by atoms with Crippen molar-refractivity contribution in [2.75, 3.05) is 31.1 Å². The van der Waals surface area contributed by atoms with Crippen LogP contribution in [0.4, 0.5) is 5.69 Å². The minimum Gasteiger partial charge on any atom is -0.372 e. The zero-order valence-corrected chi connectivity index (χ0v) is 19.4. The van der Waals surface area contributed by atoms with Gasteiger partial charge in [-0.2, -0.15) is 0 Å². The van der Waals surface area contributed by atoms with E-state index >= 15 is 0 Å². The van der Waals surface area contributed by atoms with Gasteiger partial charge in [0.25, 0.3) is 0 Å². The van der Waals surface area contributed by atoms with Crippen molar-refractivity contribution in [2.45, 2.75) is 26.7 Å². The average molecular weight is 436 g/mol. The molecule has 1 aliphatic rings. The molecule has 0 saturated heterocycles. The van der Waals surface area contributed by atoms with Crippen molar-refractivity contribution in [3.05, 3.63) is 94.6 Å². The molecule has 164 valence electrons. The quantitative estimate of drug-likeness (QED) is 0.523. The van der Waals surface area contributed by atoms with Gasteiger partial charge in [-0.25, -0.2) is 0 Å². The summed E-state index contributed by atoms with van der Waals surface area (Å²) in [5.41, 5.74) is 17.4. The lowest BCUT2D eigenvalue weighted by atomic mass is 9.76. The van der Waals surface area contributed by atoms with E-state index in [4.69, 9.17) is 23.1 Å². The minimum atomic E-state index is -0.0643. The van der Waals surface area contributed by atoms with Gasteiger partial charge in [0.05, 0.1) is 0 Å². The molecular weight excluding hydrogens is 402 g/mol. The summed E-state index contributed by atoms with van der Waals surface area (Å²) in [7, 11) is 0. The molecule has 0 aliphatic heterocycles. The first kappa shape index (κ1) is 23.3. The van der Waals surface area contributed by atoms with Crippen molar-refractivity contribution < 1.29 is 0 Å². The van der Waals surface area contributed by atoms with Crippen LogP contribution in [-0.2, 0) is 0 Å². The maximum atomic E-state index is 6.65. The number of anilines is 1. The summed E-state index contributed by atoms with van der Waals surface area (Å²) in [5.74, 6) is 0. The topological polar surface area (TPSA) is 55.3 Å². The molecular formula is C27H34ClN3. The molecule has 3 rings (SSSR count). The van der Waals surface area contributed by atoms with E-state index in [0.29, 0.717) is 13.1 Å². The van der Waals surface area contributed by atoms with Crippen LogP contribution in [0.15, 0.2) is 78.4 Å². The molecule has 0 heterocycles. The fourth-order valence-corrected chi connectivity index (χ4v) is 4.58. The average Bonchev–Trinajstić information content (AvgIpc) is 2.79. The summed E-state index contributed by atoms with van der Waals surface area (Å²) in [6, 6.07) is 16.8. The molecule has 0 saturated carbocycles. The van der Waals surface area contributed by atoms with Crippen molar-refractivity contribution in [1.29, 1.82) is 0 Å². The molecule has 0 unspecified atom stereocenters. The van der Waals surface area contributed by atoms with Crippen molar-refractivity contribution in [1.82, 2.24) is 0 Å². The highest BCUT2D eigenvalue weighted by atomic mass is 35.5. The monoisotopic (exact) mass is 435 g/mol. The number of rotatable bonds is 9. The Bertz CT molecular complexity index is 929. The van der Waals surface area contributed by atoms with E-state index in [1.807, 2.05) is 18.2 Å². The lowest BCUT2D eigenvalue weighted by Gasteiger charge is -2.29. The predicted molar refractivity (Wildman–Crippen MR) is 136 cm³/mol. The Balaban J connectivity index is 2.09. The second-order valence-corrected chi connectivity index (χ2v) is 8.41. The maximum absolute atomic E-state index is 6.65. The summed E-state index contributed by atoms with van der Waals surface area (Å²) in [4.78, 5) is 2.35. The second kappa shape index (κ2) is 10.8. The van der Waals surface area contributed by atoms with Crippen LogP contribution in [0.1, 0.15) is 37.8 Å².